The number of nitrogens with one attached hydrogen (secondary N) is 1. The minimum atomic E-state index is -0.438. The molecular weight excluding hydrogens is 252 g/mol. The zero-order valence-corrected chi connectivity index (χ0v) is 12.6. The normalized spacial score (nSPS) is 14.1. The van der Waals surface area contributed by atoms with Gasteiger partial charge in [-0.25, -0.2) is 0 Å². The number of amides is 1. The number of nitrogens with two attached hydrogens (primary N) is 1. The van der Waals surface area contributed by atoms with E-state index in [1.165, 1.54) is 0 Å². The highest BCUT2D eigenvalue weighted by molar-refractivity contribution is 5.81. The molecule has 1 aromatic carbocycles. The number of carbonyl (C=O) groups excluding carboxylic acids is 1. The molecule has 0 aliphatic carbocycles. The molecule has 0 saturated heterocycles. The lowest BCUT2D eigenvalue weighted by Crippen LogP contribution is -2.46. The summed E-state index contributed by atoms with van der Waals surface area (Å²) in [7, 11) is 0. The zero-order chi connectivity index (χ0) is 15.0. The van der Waals surface area contributed by atoms with Gasteiger partial charge in [0.05, 0.1) is 19.3 Å². The molecule has 3 N–H and O–H groups in total. The van der Waals surface area contributed by atoms with Crippen LogP contribution in [-0.2, 0) is 16.1 Å². The molecular formula is C16H26N2O2. The maximum Gasteiger partial charge on any atom is 0.237 e. The van der Waals surface area contributed by atoms with Crippen LogP contribution in [0.4, 0.5) is 0 Å². The molecule has 0 aromatic heterocycles. The fourth-order valence-corrected chi connectivity index (χ4v) is 1.93. The molecule has 1 rings (SSSR count). The summed E-state index contributed by atoms with van der Waals surface area (Å²) in [6.07, 6.45) is 0.698. The van der Waals surface area contributed by atoms with Crippen LogP contribution in [0.25, 0.3) is 0 Å². The Hall–Kier alpha value is -1.39. The van der Waals surface area contributed by atoms with E-state index in [0.29, 0.717) is 25.6 Å². The number of rotatable bonds is 8. The van der Waals surface area contributed by atoms with Crippen LogP contribution in [0.1, 0.15) is 32.8 Å². The van der Waals surface area contributed by atoms with Crippen LogP contribution in [0.15, 0.2) is 30.3 Å². The van der Waals surface area contributed by atoms with Crippen molar-refractivity contribution in [2.45, 2.75) is 45.9 Å². The summed E-state index contributed by atoms with van der Waals surface area (Å²) in [4.78, 5) is 11.8. The molecule has 0 bridgehead atoms. The zero-order valence-electron chi connectivity index (χ0n) is 12.6. The Morgan fingerprint density at radius 2 is 1.90 bits per heavy atom. The highest BCUT2D eigenvalue weighted by atomic mass is 16.5. The molecule has 0 spiro atoms. The van der Waals surface area contributed by atoms with Crippen molar-refractivity contribution in [1.29, 1.82) is 0 Å². The van der Waals surface area contributed by atoms with Gasteiger partial charge in [0.25, 0.3) is 0 Å². The lowest BCUT2D eigenvalue weighted by Gasteiger charge is -2.18. The summed E-state index contributed by atoms with van der Waals surface area (Å²) in [5, 5.41) is 2.88. The molecule has 2 atom stereocenters. The molecule has 0 fully saturated rings. The Morgan fingerprint density at radius 1 is 1.25 bits per heavy atom. The third kappa shape index (κ3) is 6.68. The van der Waals surface area contributed by atoms with E-state index in [1.807, 2.05) is 37.3 Å². The lowest BCUT2D eigenvalue weighted by atomic mass is 10.0. The van der Waals surface area contributed by atoms with Crippen molar-refractivity contribution in [3.05, 3.63) is 35.9 Å². The number of hydrogen-bond acceptors (Lipinski definition) is 3. The molecule has 4 heteroatoms. The summed E-state index contributed by atoms with van der Waals surface area (Å²) in [5.41, 5.74) is 6.96. The van der Waals surface area contributed by atoms with Gasteiger partial charge in [0.15, 0.2) is 0 Å². The minimum absolute atomic E-state index is 0.0376. The van der Waals surface area contributed by atoms with E-state index >= 15 is 0 Å². The highest BCUT2D eigenvalue weighted by Gasteiger charge is 2.16. The maximum absolute atomic E-state index is 11.8. The molecule has 1 unspecified atom stereocenters. The Balaban J connectivity index is 2.23. The fourth-order valence-electron chi connectivity index (χ4n) is 1.93. The molecule has 4 nitrogen and oxygen atoms in total. The van der Waals surface area contributed by atoms with Gasteiger partial charge in [0, 0.05) is 6.04 Å². The van der Waals surface area contributed by atoms with E-state index in [-0.39, 0.29) is 11.9 Å². The Kier molecular flexibility index (Phi) is 7.26. The molecule has 112 valence electrons. The average Bonchev–Trinajstić information content (AvgIpc) is 2.39. The molecule has 1 aromatic rings. The second-order valence-corrected chi connectivity index (χ2v) is 5.65. The van der Waals surface area contributed by atoms with Crippen molar-refractivity contribution in [3.8, 4) is 0 Å². The molecule has 20 heavy (non-hydrogen) atoms. The third-order valence-corrected chi connectivity index (χ3v) is 2.93. The Labute approximate surface area is 121 Å². The highest BCUT2D eigenvalue weighted by Crippen LogP contribution is 2.04. The van der Waals surface area contributed by atoms with Gasteiger partial charge >= 0.3 is 0 Å². The van der Waals surface area contributed by atoms with Gasteiger partial charge in [-0.3, -0.25) is 4.79 Å². The first kappa shape index (κ1) is 16.7. The van der Waals surface area contributed by atoms with Crippen LogP contribution in [0.3, 0.4) is 0 Å². The Bertz CT molecular complexity index is 393. The van der Waals surface area contributed by atoms with Crippen LogP contribution in [0, 0.1) is 5.92 Å². The van der Waals surface area contributed by atoms with Gasteiger partial charge < -0.3 is 15.8 Å². The summed E-state index contributed by atoms with van der Waals surface area (Å²) in [6, 6.07) is 9.49. The van der Waals surface area contributed by atoms with E-state index < -0.39 is 6.04 Å². The van der Waals surface area contributed by atoms with Gasteiger partial charge in [0.2, 0.25) is 5.91 Å². The van der Waals surface area contributed by atoms with Crippen LogP contribution >= 0.6 is 0 Å². The topological polar surface area (TPSA) is 64.4 Å². The van der Waals surface area contributed by atoms with Gasteiger partial charge in [-0.15, -0.1) is 0 Å². The van der Waals surface area contributed by atoms with Crippen molar-refractivity contribution < 1.29 is 9.53 Å². The maximum atomic E-state index is 11.8. The van der Waals surface area contributed by atoms with Gasteiger partial charge in [-0.2, -0.15) is 0 Å². The smallest absolute Gasteiger partial charge is 0.237 e. The summed E-state index contributed by atoms with van der Waals surface area (Å²) in [6.45, 7) is 7.07. The van der Waals surface area contributed by atoms with Gasteiger partial charge in [-0.1, -0.05) is 44.2 Å². The number of carbonyl (C=O) groups is 1. The lowest BCUT2D eigenvalue weighted by molar-refractivity contribution is -0.123. The van der Waals surface area contributed by atoms with Crippen molar-refractivity contribution in [2.75, 3.05) is 6.61 Å². The summed E-state index contributed by atoms with van der Waals surface area (Å²) in [5.74, 6) is 0.315. The van der Waals surface area contributed by atoms with Crippen LogP contribution < -0.4 is 11.1 Å². The van der Waals surface area contributed by atoms with Crippen LogP contribution in [0.2, 0.25) is 0 Å². The molecule has 0 aliphatic heterocycles. The molecule has 0 aliphatic rings. The van der Waals surface area contributed by atoms with E-state index in [0.717, 1.165) is 5.56 Å². The molecule has 0 heterocycles. The van der Waals surface area contributed by atoms with E-state index in [1.54, 1.807) is 0 Å². The van der Waals surface area contributed by atoms with E-state index in [4.69, 9.17) is 10.5 Å². The monoisotopic (exact) mass is 278 g/mol. The first-order valence-electron chi connectivity index (χ1n) is 7.16. The van der Waals surface area contributed by atoms with Gasteiger partial charge in [-0.05, 0) is 24.8 Å². The minimum Gasteiger partial charge on any atom is -0.375 e. The average molecular weight is 278 g/mol. The predicted octanol–water partition coefficient (Wildman–Crippen LogP) is 2.08. The largest absolute Gasteiger partial charge is 0.375 e. The second kappa shape index (κ2) is 8.72. The van der Waals surface area contributed by atoms with Crippen LogP contribution in [-0.4, -0.2) is 24.6 Å². The van der Waals surface area contributed by atoms with Gasteiger partial charge in [0.1, 0.15) is 0 Å². The fraction of sp³-hybridized carbons (Fsp3) is 0.562. The first-order valence-corrected chi connectivity index (χ1v) is 7.16. The van der Waals surface area contributed by atoms with Crippen LogP contribution in [0.5, 0.6) is 0 Å². The standard InChI is InChI=1S/C16H26N2O2/c1-12(2)9-15(17)16(19)18-13(3)10-20-11-14-7-5-4-6-8-14/h4-8,12-13,15H,9-11,17H2,1-3H3,(H,18,19)/t13?,15-/m0/s1. The van der Waals surface area contributed by atoms with E-state index in [2.05, 4.69) is 19.2 Å². The summed E-state index contributed by atoms with van der Waals surface area (Å²) >= 11 is 0. The van der Waals surface area contributed by atoms with Crippen molar-refractivity contribution >= 4 is 5.91 Å². The predicted molar refractivity (Wildman–Crippen MR) is 81.1 cm³/mol. The Morgan fingerprint density at radius 3 is 2.50 bits per heavy atom. The van der Waals surface area contributed by atoms with E-state index in [9.17, 15) is 4.79 Å². The third-order valence-electron chi connectivity index (χ3n) is 2.93. The second-order valence-electron chi connectivity index (χ2n) is 5.65. The first-order chi connectivity index (χ1) is 9.49. The van der Waals surface area contributed by atoms with Crippen molar-refractivity contribution in [3.63, 3.8) is 0 Å². The number of benzene rings is 1. The number of ether oxygens (including phenoxy) is 1. The number of hydrogen-bond donors (Lipinski definition) is 2. The molecule has 0 saturated carbocycles. The molecule has 0 radical (unpaired) electrons. The molecule has 1 amide bonds. The summed E-state index contributed by atoms with van der Waals surface area (Å²) < 4.78 is 5.59. The quantitative estimate of drug-likeness (QED) is 0.765. The van der Waals surface area contributed by atoms with Crippen molar-refractivity contribution in [2.24, 2.45) is 11.7 Å². The SMILES string of the molecule is CC(C)C[C@H](N)C(=O)NC(C)COCc1ccccc1. The van der Waals surface area contributed by atoms with Crippen molar-refractivity contribution in [1.82, 2.24) is 5.32 Å².